The van der Waals surface area contributed by atoms with Crippen molar-refractivity contribution in [3.05, 3.63) is 53.7 Å². The predicted molar refractivity (Wildman–Crippen MR) is 112 cm³/mol. The molecule has 30 heavy (non-hydrogen) atoms. The summed E-state index contributed by atoms with van der Waals surface area (Å²) in [7, 11) is 3.03. The van der Waals surface area contributed by atoms with Crippen molar-refractivity contribution in [3.63, 3.8) is 0 Å². The van der Waals surface area contributed by atoms with E-state index in [1.54, 1.807) is 24.3 Å². The van der Waals surface area contributed by atoms with Crippen molar-refractivity contribution in [1.82, 2.24) is 15.0 Å². The van der Waals surface area contributed by atoms with E-state index >= 15 is 0 Å². The van der Waals surface area contributed by atoms with Crippen molar-refractivity contribution in [2.45, 2.75) is 13.5 Å². The lowest BCUT2D eigenvalue weighted by atomic mass is 10.2. The lowest BCUT2D eigenvalue weighted by molar-refractivity contribution is -0.116. The predicted octanol–water partition coefficient (Wildman–Crippen LogP) is 2.08. The molecule has 0 fully saturated rings. The SMILES string of the molecule is COc1ccc(NC(=O)Cn2nnc(C(=O)Nc3cccc(C)c3)c2N)cc1OC. The summed E-state index contributed by atoms with van der Waals surface area (Å²) < 4.78 is 11.5. The Balaban J connectivity index is 1.67. The van der Waals surface area contributed by atoms with Gasteiger partial charge in [-0.3, -0.25) is 9.59 Å². The van der Waals surface area contributed by atoms with Crippen molar-refractivity contribution in [2.24, 2.45) is 0 Å². The smallest absolute Gasteiger partial charge is 0.280 e. The van der Waals surface area contributed by atoms with E-state index in [4.69, 9.17) is 15.2 Å². The summed E-state index contributed by atoms with van der Waals surface area (Å²) in [5, 5.41) is 13.0. The van der Waals surface area contributed by atoms with Crippen LogP contribution in [0.3, 0.4) is 0 Å². The normalized spacial score (nSPS) is 10.4. The monoisotopic (exact) mass is 410 g/mol. The third kappa shape index (κ3) is 4.66. The van der Waals surface area contributed by atoms with Crippen molar-refractivity contribution in [1.29, 1.82) is 0 Å². The summed E-state index contributed by atoms with van der Waals surface area (Å²) >= 11 is 0. The molecule has 0 saturated carbocycles. The van der Waals surface area contributed by atoms with E-state index in [1.807, 2.05) is 25.1 Å². The van der Waals surface area contributed by atoms with Crippen LogP contribution >= 0.6 is 0 Å². The average Bonchev–Trinajstić information content (AvgIpc) is 3.08. The molecule has 0 atom stereocenters. The third-order valence-corrected chi connectivity index (χ3v) is 4.23. The first kappa shape index (κ1) is 20.6. The van der Waals surface area contributed by atoms with Gasteiger partial charge in [0.05, 0.1) is 14.2 Å². The molecule has 3 aromatic rings. The number of aryl methyl sites for hydroxylation is 1. The van der Waals surface area contributed by atoms with Crippen LogP contribution in [0.15, 0.2) is 42.5 Å². The van der Waals surface area contributed by atoms with Gasteiger partial charge in [0.2, 0.25) is 5.91 Å². The third-order valence-electron chi connectivity index (χ3n) is 4.23. The zero-order chi connectivity index (χ0) is 21.7. The second-order valence-corrected chi connectivity index (χ2v) is 6.42. The summed E-state index contributed by atoms with van der Waals surface area (Å²) in [6.07, 6.45) is 0. The number of nitrogens with zero attached hydrogens (tertiary/aromatic N) is 3. The highest BCUT2D eigenvalue weighted by molar-refractivity contribution is 6.05. The molecule has 0 aliphatic rings. The van der Waals surface area contributed by atoms with Crippen LogP contribution in [0.2, 0.25) is 0 Å². The lowest BCUT2D eigenvalue weighted by Gasteiger charge is -2.11. The fourth-order valence-corrected chi connectivity index (χ4v) is 2.76. The second kappa shape index (κ2) is 8.95. The number of anilines is 3. The Bertz CT molecular complexity index is 1080. The van der Waals surface area contributed by atoms with E-state index in [1.165, 1.54) is 14.2 Å². The van der Waals surface area contributed by atoms with Gasteiger partial charge in [-0.15, -0.1) is 5.10 Å². The topological polar surface area (TPSA) is 133 Å². The Labute approximate surface area is 173 Å². The van der Waals surface area contributed by atoms with Crippen LogP contribution in [0.5, 0.6) is 11.5 Å². The Kier molecular flexibility index (Phi) is 6.16. The summed E-state index contributed by atoms with van der Waals surface area (Å²) in [5.74, 6) is 0.0997. The fourth-order valence-electron chi connectivity index (χ4n) is 2.76. The van der Waals surface area contributed by atoms with Crippen LogP contribution in [0, 0.1) is 6.92 Å². The van der Waals surface area contributed by atoms with Crippen LogP contribution in [-0.2, 0) is 11.3 Å². The van der Waals surface area contributed by atoms with E-state index in [-0.39, 0.29) is 18.1 Å². The number of carbonyl (C=O) groups excluding carboxylic acids is 2. The molecule has 0 spiro atoms. The molecule has 0 unspecified atom stereocenters. The number of benzene rings is 2. The van der Waals surface area contributed by atoms with Crippen molar-refractivity contribution >= 4 is 29.0 Å². The summed E-state index contributed by atoms with van der Waals surface area (Å²) in [4.78, 5) is 24.8. The molecule has 4 N–H and O–H groups in total. The van der Waals surface area contributed by atoms with E-state index in [0.29, 0.717) is 22.9 Å². The van der Waals surface area contributed by atoms with Crippen LogP contribution in [0.4, 0.5) is 17.2 Å². The molecule has 0 aliphatic carbocycles. The van der Waals surface area contributed by atoms with Gasteiger partial charge >= 0.3 is 0 Å². The minimum atomic E-state index is -0.510. The Hall–Kier alpha value is -4.08. The van der Waals surface area contributed by atoms with Gasteiger partial charge < -0.3 is 25.8 Å². The molecule has 1 heterocycles. The van der Waals surface area contributed by atoms with E-state index < -0.39 is 11.8 Å². The first-order chi connectivity index (χ1) is 14.4. The van der Waals surface area contributed by atoms with Gasteiger partial charge in [-0.2, -0.15) is 0 Å². The van der Waals surface area contributed by atoms with E-state index in [0.717, 1.165) is 10.2 Å². The highest BCUT2D eigenvalue weighted by Gasteiger charge is 2.19. The van der Waals surface area contributed by atoms with Gasteiger partial charge in [0.25, 0.3) is 5.91 Å². The van der Waals surface area contributed by atoms with Gasteiger partial charge in [-0.1, -0.05) is 17.3 Å². The number of nitrogen functional groups attached to an aromatic ring is 1. The maximum absolute atomic E-state index is 12.4. The fraction of sp³-hybridized carbons (Fsp3) is 0.200. The zero-order valence-corrected chi connectivity index (χ0v) is 16.8. The number of amides is 2. The standard InChI is InChI=1S/C20H22N6O4/c1-12-5-4-6-13(9-12)23-20(28)18-19(21)26(25-24-18)11-17(27)22-14-7-8-15(29-2)16(10-14)30-3/h4-10H,11,21H2,1-3H3,(H,22,27)(H,23,28). The van der Waals surface area contributed by atoms with Crippen LogP contribution < -0.4 is 25.8 Å². The minimum Gasteiger partial charge on any atom is -0.493 e. The molecular formula is C20H22N6O4. The molecule has 10 nitrogen and oxygen atoms in total. The zero-order valence-electron chi connectivity index (χ0n) is 16.8. The highest BCUT2D eigenvalue weighted by Crippen LogP contribution is 2.29. The first-order valence-corrected chi connectivity index (χ1v) is 9.00. The largest absolute Gasteiger partial charge is 0.493 e. The maximum Gasteiger partial charge on any atom is 0.280 e. The van der Waals surface area contributed by atoms with Crippen LogP contribution in [0.25, 0.3) is 0 Å². The average molecular weight is 410 g/mol. The minimum absolute atomic E-state index is 0.0115. The van der Waals surface area contributed by atoms with Crippen molar-refractivity contribution < 1.29 is 19.1 Å². The Morgan fingerprint density at radius 3 is 2.47 bits per heavy atom. The van der Waals surface area contributed by atoms with E-state index in [2.05, 4.69) is 20.9 Å². The molecule has 0 aliphatic heterocycles. The molecular weight excluding hydrogens is 388 g/mol. The second-order valence-electron chi connectivity index (χ2n) is 6.42. The quantitative estimate of drug-likeness (QED) is 0.543. The Morgan fingerprint density at radius 2 is 1.77 bits per heavy atom. The summed E-state index contributed by atoms with van der Waals surface area (Å²) in [5.41, 5.74) is 8.03. The van der Waals surface area contributed by atoms with Gasteiger partial charge in [0.1, 0.15) is 6.54 Å². The lowest BCUT2D eigenvalue weighted by Crippen LogP contribution is -2.21. The number of hydrogen-bond acceptors (Lipinski definition) is 7. The molecule has 2 aromatic carbocycles. The van der Waals surface area contributed by atoms with E-state index in [9.17, 15) is 9.59 Å². The highest BCUT2D eigenvalue weighted by atomic mass is 16.5. The first-order valence-electron chi connectivity index (χ1n) is 9.00. The molecule has 0 bridgehead atoms. The van der Waals surface area contributed by atoms with Gasteiger partial charge in [0, 0.05) is 17.4 Å². The molecule has 3 rings (SSSR count). The number of methoxy groups -OCH3 is 2. The Morgan fingerprint density at radius 1 is 1.03 bits per heavy atom. The molecule has 156 valence electrons. The maximum atomic E-state index is 12.4. The number of nitrogens with one attached hydrogen (secondary N) is 2. The summed E-state index contributed by atoms with van der Waals surface area (Å²) in [6, 6.07) is 12.3. The molecule has 0 radical (unpaired) electrons. The van der Waals surface area contributed by atoms with Gasteiger partial charge in [-0.05, 0) is 36.8 Å². The van der Waals surface area contributed by atoms with Crippen molar-refractivity contribution in [3.8, 4) is 11.5 Å². The molecule has 10 heteroatoms. The van der Waals surface area contributed by atoms with Crippen LogP contribution in [0.1, 0.15) is 16.1 Å². The summed E-state index contributed by atoms with van der Waals surface area (Å²) in [6.45, 7) is 1.70. The van der Waals surface area contributed by atoms with Crippen molar-refractivity contribution in [2.75, 3.05) is 30.6 Å². The number of aromatic nitrogens is 3. The van der Waals surface area contributed by atoms with Gasteiger partial charge in [0.15, 0.2) is 23.0 Å². The number of ether oxygens (including phenoxy) is 2. The molecule has 0 saturated heterocycles. The van der Waals surface area contributed by atoms with Crippen LogP contribution in [-0.4, -0.2) is 41.0 Å². The molecule has 2 amide bonds. The number of rotatable bonds is 7. The molecule has 1 aromatic heterocycles. The number of carbonyl (C=O) groups is 2. The number of hydrogen-bond donors (Lipinski definition) is 3. The number of nitrogens with two attached hydrogens (primary N) is 1. The van der Waals surface area contributed by atoms with Gasteiger partial charge in [-0.25, -0.2) is 4.68 Å².